The summed E-state index contributed by atoms with van der Waals surface area (Å²) in [7, 11) is 3.86. The first-order valence-electron chi connectivity index (χ1n) is 7.61. The van der Waals surface area contributed by atoms with E-state index in [1.807, 2.05) is 44.4 Å². The molecule has 1 aromatic rings. The van der Waals surface area contributed by atoms with Crippen molar-refractivity contribution < 1.29 is 4.79 Å². The quantitative estimate of drug-likeness (QED) is 0.842. The van der Waals surface area contributed by atoms with Gasteiger partial charge in [0.2, 0.25) is 5.91 Å². The first kappa shape index (κ1) is 15.9. The normalized spacial score (nSPS) is 18.0. The van der Waals surface area contributed by atoms with Crippen LogP contribution in [0.3, 0.4) is 0 Å². The van der Waals surface area contributed by atoms with Crippen molar-refractivity contribution in [2.75, 3.05) is 20.1 Å². The third kappa shape index (κ3) is 3.81. The van der Waals surface area contributed by atoms with Gasteiger partial charge in [0.15, 0.2) is 0 Å². The van der Waals surface area contributed by atoms with Crippen molar-refractivity contribution in [1.82, 2.24) is 24.6 Å². The van der Waals surface area contributed by atoms with Crippen LogP contribution in [0.2, 0.25) is 0 Å². The van der Waals surface area contributed by atoms with Gasteiger partial charge >= 0.3 is 0 Å². The molecule has 0 bridgehead atoms. The van der Waals surface area contributed by atoms with Crippen LogP contribution in [0.1, 0.15) is 39.4 Å². The molecule has 1 aliphatic rings. The Labute approximate surface area is 127 Å². The smallest absolute Gasteiger partial charge is 0.227 e. The summed E-state index contributed by atoms with van der Waals surface area (Å²) in [5, 5.41) is 4.10. The summed E-state index contributed by atoms with van der Waals surface area (Å²) in [5.41, 5.74) is -0.301. The number of amides is 1. The van der Waals surface area contributed by atoms with Gasteiger partial charge in [-0.2, -0.15) is 5.10 Å². The molecule has 6 nitrogen and oxygen atoms in total. The van der Waals surface area contributed by atoms with E-state index < -0.39 is 0 Å². The Morgan fingerprint density at radius 1 is 1.38 bits per heavy atom. The first-order chi connectivity index (χ1) is 9.79. The number of hydrogen-bond acceptors (Lipinski definition) is 4. The van der Waals surface area contributed by atoms with Crippen LogP contribution >= 0.6 is 0 Å². The minimum absolute atomic E-state index is 0.231. The summed E-state index contributed by atoms with van der Waals surface area (Å²) in [4.78, 5) is 20.9. The number of aromatic nitrogens is 3. The van der Waals surface area contributed by atoms with Gasteiger partial charge in [-0.15, -0.1) is 0 Å². The van der Waals surface area contributed by atoms with Gasteiger partial charge in [0.05, 0.1) is 6.54 Å². The van der Waals surface area contributed by atoms with E-state index in [2.05, 4.69) is 15.0 Å². The van der Waals surface area contributed by atoms with Gasteiger partial charge in [0.25, 0.3) is 0 Å². The molecule has 6 heteroatoms. The summed E-state index contributed by atoms with van der Waals surface area (Å²) in [5.74, 6) is 1.22. The van der Waals surface area contributed by atoms with E-state index >= 15 is 0 Å². The van der Waals surface area contributed by atoms with Crippen molar-refractivity contribution >= 4 is 5.91 Å². The highest BCUT2D eigenvalue weighted by molar-refractivity contribution is 5.81. The lowest BCUT2D eigenvalue weighted by atomic mass is 9.92. The van der Waals surface area contributed by atoms with E-state index in [0.29, 0.717) is 6.04 Å². The molecule has 0 spiro atoms. The van der Waals surface area contributed by atoms with Crippen LogP contribution in [0.4, 0.5) is 0 Å². The summed E-state index contributed by atoms with van der Waals surface area (Å²) in [6.07, 6.45) is 3.64. The number of likely N-dealkylation sites (tertiary alicyclic amines) is 1. The van der Waals surface area contributed by atoms with E-state index in [0.717, 1.165) is 38.3 Å². The fourth-order valence-electron chi connectivity index (χ4n) is 2.82. The summed E-state index contributed by atoms with van der Waals surface area (Å²) < 4.78 is 1.82. The fraction of sp³-hybridized carbons (Fsp3) is 0.800. The Balaban J connectivity index is 1.86. The number of rotatable bonds is 3. The Morgan fingerprint density at radius 3 is 2.48 bits per heavy atom. The summed E-state index contributed by atoms with van der Waals surface area (Å²) in [6, 6.07) is 0.354. The Hall–Kier alpha value is -1.43. The molecular formula is C15H27N5O. The maximum atomic E-state index is 12.3. The van der Waals surface area contributed by atoms with Crippen molar-refractivity contribution in [1.29, 1.82) is 0 Å². The highest BCUT2D eigenvalue weighted by Gasteiger charge is 2.31. The monoisotopic (exact) mass is 293 g/mol. The molecule has 0 radical (unpaired) electrons. The zero-order chi connectivity index (χ0) is 15.6. The molecule has 0 aromatic carbocycles. The van der Waals surface area contributed by atoms with Crippen LogP contribution in [-0.2, 0) is 18.4 Å². The summed E-state index contributed by atoms with van der Waals surface area (Å²) >= 11 is 0. The molecule has 0 unspecified atom stereocenters. The van der Waals surface area contributed by atoms with Gasteiger partial charge < -0.3 is 4.90 Å². The van der Waals surface area contributed by atoms with Crippen molar-refractivity contribution in [3.05, 3.63) is 12.2 Å². The first-order valence-corrected chi connectivity index (χ1v) is 7.61. The van der Waals surface area contributed by atoms with Crippen molar-refractivity contribution in [2.24, 2.45) is 12.5 Å². The number of aryl methyl sites for hydroxylation is 1. The lowest BCUT2D eigenvalue weighted by Gasteiger charge is -2.38. The molecule has 0 atom stereocenters. The maximum absolute atomic E-state index is 12.3. The molecular weight excluding hydrogens is 266 g/mol. The van der Waals surface area contributed by atoms with Crippen molar-refractivity contribution in [2.45, 2.75) is 46.2 Å². The fourth-order valence-corrected chi connectivity index (χ4v) is 2.82. The van der Waals surface area contributed by atoms with E-state index in [9.17, 15) is 4.79 Å². The molecule has 2 rings (SSSR count). The van der Waals surface area contributed by atoms with Gasteiger partial charge in [-0.3, -0.25) is 14.4 Å². The highest BCUT2D eigenvalue weighted by atomic mass is 16.2. The van der Waals surface area contributed by atoms with Crippen molar-refractivity contribution in [3.8, 4) is 0 Å². The van der Waals surface area contributed by atoms with E-state index in [4.69, 9.17) is 0 Å². The average Bonchev–Trinajstić information content (AvgIpc) is 2.82. The molecule has 1 aromatic heterocycles. The number of carbonyl (C=O) groups is 1. The maximum Gasteiger partial charge on any atom is 0.227 e. The van der Waals surface area contributed by atoms with Crippen LogP contribution in [0, 0.1) is 5.41 Å². The molecule has 1 saturated heterocycles. The summed E-state index contributed by atoms with van der Waals surface area (Å²) in [6.45, 7) is 8.78. The van der Waals surface area contributed by atoms with Gasteiger partial charge in [-0.1, -0.05) is 20.8 Å². The molecule has 1 aliphatic heterocycles. The van der Waals surface area contributed by atoms with Gasteiger partial charge in [-0.25, -0.2) is 4.98 Å². The minimum atomic E-state index is -0.301. The second-order valence-electron chi connectivity index (χ2n) is 6.97. The average molecular weight is 293 g/mol. The number of piperidine rings is 1. The van der Waals surface area contributed by atoms with Crippen LogP contribution in [-0.4, -0.2) is 56.7 Å². The Kier molecular flexibility index (Phi) is 4.66. The van der Waals surface area contributed by atoms with Crippen LogP contribution in [0.25, 0.3) is 0 Å². The molecule has 21 heavy (non-hydrogen) atoms. The zero-order valence-electron chi connectivity index (χ0n) is 13.8. The molecule has 2 heterocycles. The van der Waals surface area contributed by atoms with Gasteiger partial charge in [0, 0.05) is 38.6 Å². The molecule has 1 amide bonds. The Bertz CT molecular complexity index is 482. The largest absolute Gasteiger partial charge is 0.342 e. The molecule has 0 N–H and O–H groups in total. The second-order valence-corrected chi connectivity index (χ2v) is 6.97. The second kappa shape index (κ2) is 6.13. The number of hydrogen-bond donors (Lipinski definition) is 0. The lowest BCUT2D eigenvalue weighted by Crippen LogP contribution is -2.48. The Morgan fingerprint density at radius 2 is 2.00 bits per heavy atom. The zero-order valence-corrected chi connectivity index (χ0v) is 13.8. The van der Waals surface area contributed by atoms with Crippen LogP contribution < -0.4 is 0 Å². The minimum Gasteiger partial charge on any atom is -0.342 e. The predicted octanol–water partition coefficient (Wildman–Crippen LogP) is 1.28. The molecule has 118 valence electrons. The molecule has 0 aliphatic carbocycles. The third-order valence-corrected chi connectivity index (χ3v) is 4.24. The predicted molar refractivity (Wildman–Crippen MR) is 81.5 cm³/mol. The number of carbonyl (C=O) groups excluding carboxylic acids is 1. The van der Waals surface area contributed by atoms with E-state index in [-0.39, 0.29) is 11.3 Å². The van der Waals surface area contributed by atoms with E-state index in [1.165, 1.54) is 0 Å². The third-order valence-electron chi connectivity index (χ3n) is 4.24. The molecule has 1 fully saturated rings. The number of nitrogens with zero attached hydrogens (tertiary/aromatic N) is 5. The SMILES string of the molecule is CN(C(=O)C(C)(C)C)C1CCN(Cc2ncnn2C)CC1. The van der Waals surface area contributed by atoms with Gasteiger partial charge in [-0.05, 0) is 12.8 Å². The van der Waals surface area contributed by atoms with Crippen LogP contribution in [0.15, 0.2) is 6.33 Å². The van der Waals surface area contributed by atoms with E-state index in [1.54, 1.807) is 6.33 Å². The highest BCUT2D eigenvalue weighted by Crippen LogP contribution is 2.23. The van der Waals surface area contributed by atoms with Gasteiger partial charge in [0.1, 0.15) is 12.2 Å². The van der Waals surface area contributed by atoms with Crippen molar-refractivity contribution in [3.63, 3.8) is 0 Å². The topological polar surface area (TPSA) is 54.3 Å². The van der Waals surface area contributed by atoms with Crippen LogP contribution in [0.5, 0.6) is 0 Å². The lowest BCUT2D eigenvalue weighted by molar-refractivity contribution is -0.141. The standard InChI is InChI=1S/C15H27N5O/c1-15(2,3)14(21)18(4)12-6-8-20(9-7-12)10-13-16-11-17-19(13)5/h11-12H,6-10H2,1-5H3. The molecule has 0 saturated carbocycles.